The van der Waals surface area contributed by atoms with Crippen LogP contribution in [0.2, 0.25) is 13.1 Å². The molecule has 8 aromatic carbocycles. The van der Waals surface area contributed by atoms with E-state index < -0.39 is 0 Å². The fourth-order valence-electron chi connectivity index (χ4n) is 7.70. The summed E-state index contributed by atoms with van der Waals surface area (Å²) in [6.07, 6.45) is 0. The first kappa shape index (κ1) is 46.9. The first-order valence-corrected chi connectivity index (χ1v) is 26.0. The van der Waals surface area contributed by atoms with Crippen molar-refractivity contribution >= 4 is 27.0 Å². The summed E-state index contributed by atoms with van der Waals surface area (Å²) in [5, 5.41) is 5.33. The first-order chi connectivity index (χ1) is 26.6. The molecule has 0 bridgehead atoms. The van der Waals surface area contributed by atoms with Gasteiger partial charge in [0.15, 0.2) is 0 Å². The Hall–Kier alpha value is -3.78. The molecule has 0 amide bonds. The Bertz CT molecular complexity index is 2420. The monoisotopic (exact) mass is 892 g/mol. The van der Waals surface area contributed by atoms with E-state index in [9.17, 15) is 0 Å². The number of hydrogen-bond donors (Lipinski definition) is 0. The number of benzene rings is 6. The summed E-state index contributed by atoms with van der Waals surface area (Å²) < 4.78 is 0. The fourth-order valence-corrected chi connectivity index (χ4v) is 7.70. The summed E-state index contributed by atoms with van der Waals surface area (Å²) >= 11 is 1.74. The molecule has 8 rings (SSSR count). The molecule has 0 fully saturated rings. The molecule has 0 aliphatic carbocycles. The van der Waals surface area contributed by atoms with Crippen LogP contribution >= 0.6 is 0 Å². The largest absolute Gasteiger partial charge is 1.00 e. The second kappa shape index (κ2) is 20.0. The number of hydrogen-bond acceptors (Lipinski definition) is 0. The van der Waals surface area contributed by atoms with E-state index in [1.165, 1.54) is 88.3 Å². The van der Waals surface area contributed by atoms with Crippen molar-refractivity contribution in [2.24, 2.45) is 0 Å². The van der Waals surface area contributed by atoms with E-state index in [2.05, 4.69) is 226 Å². The molecule has 0 heterocycles. The summed E-state index contributed by atoms with van der Waals surface area (Å²) in [4.78, 5) is 0. The van der Waals surface area contributed by atoms with Crippen LogP contribution in [0.5, 0.6) is 0 Å². The van der Waals surface area contributed by atoms with Crippen LogP contribution in [-0.2, 0) is 34.2 Å². The third kappa shape index (κ3) is 10.9. The molecule has 0 radical (unpaired) electrons. The minimum Gasteiger partial charge on any atom is -1.00 e. The molecule has 0 aliphatic rings. The Kier molecular flexibility index (Phi) is 16.2. The minimum atomic E-state index is 0. The predicted molar refractivity (Wildman–Crippen MR) is 245 cm³/mol. The molecule has 0 nitrogen and oxygen atoms in total. The minimum absolute atomic E-state index is 0. The topological polar surface area (TPSA) is 0 Å². The van der Waals surface area contributed by atoms with Crippen LogP contribution in [0.4, 0.5) is 0 Å². The zero-order valence-electron chi connectivity index (χ0n) is 35.8. The van der Waals surface area contributed by atoms with Crippen LogP contribution in [0.1, 0.15) is 63.8 Å². The van der Waals surface area contributed by atoms with Gasteiger partial charge in [0, 0.05) is 0 Å². The van der Waals surface area contributed by atoms with Gasteiger partial charge in [0.25, 0.3) is 0 Å². The molecular weight excluding hydrogens is 839 g/mol. The second-order valence-electron chi connectivity index (χ2n) is 17.3. The van der Waals surface area contributed by atoms with Gasteiger partial charge in [-0.2, -0.15) is 0 Å². The molecule has 4 heteroatoms. The third-order valence-electron chi connectivity index (χ3n) is 10.4. The quantitative estimate of drug-likeness (QED) is 0.122. The van der Waals surface area contributed by atoms with Gasteiger partial charge in [-0.25, -0.2) is 0 Å². The van der Waals surface area contributed by atoms with E-state index in [-0.39, 0.29) is 41.1 Å². The van der Waals surface area contributed by atoms with Crippen LogP contribution in [-0.4, -0.2) is 5.43 Å². The molecule has 0 unspecified atom stereocenters. The van der Waals surface area contributed by atoms with Crippen molar-refractivity contribution in [3.63, 3.8) is 0 Å². The Balaban J connectivity index is 0.000000228. The Morgan fingerprint density at radius 3 is 1.07 bits per heavy atom. The summed E-state index contributed by atoms with van der Waals surface area (Å²) in [6.45, 7) is 22.9. The van der Waals surface area contributed by atoms with Gasteiger partial charge in [-0.15, -0.1) is 69.1 Å². The van der Waals surface area contributed by atoms with E-state index in [4.69, 9.17) is 0 Å². The molecule has 0 saturated carbocycles. The Labute approximate surface area is 376 Å². The summed E-state index contributed by atoms with van der Waals surface area (Å²) in [5.41, 5.74) is 16.5. The van der Waals surface area contributed by atoms with Crippen molar-refractivity contribution in [3.8, 4) is 44.5 Å². The molecule has 58 heavy (non-hydrogen) atoms. The molecule has 0 atom stereocenters. The Morgan fingerprint density at radius 1 is 0.448 bits per heavy atom. The van der Waals surface area contributed by atoms with Gasteiger partial charge in [0.1, 0.15) is 0 Å². The van der Waals surface area contributed by atoms with Crippen LogP contribution in [0.15, 0.2) is 158 Å². The normalized spacial score (nSPS) is 11.1. The van der Waals surface area contributed by atoms with Gasteiger partial charge in [-0.1, -0.05) is 174 Å². The van der Waals surface area contributed by atoms with Crippen LogP contribution < -0.4 is 24.8 Å². The van der Waals surface area contributed by atoms with E-state index in [0.717, 1.165) is 0 Å². The van der Waals surface area contributed by atoms with Gasteiger partial charge in [0.2, 0.25) is 0 Å². The van der Waals surface area contributed by atoms with Crippen molar-refractivity contribution in [1.29, 1.82) is 0 Å². The van der Waals surface area contributed by atoms with Crippen LogP contribution in [0.3, 0.4) is 0 Å². The predicted octanol–water partition coefficient (Wildman–Crippen LogP) is 9.79. The van der Waals surface area contributed by atoms with E-state index in [1.807, 2.05) is 0 Å². The average molecular weight is 895 g/mol. The molecule has 0 spiro atoms. The maximum atomic E-state index is 2.36. The van der Waals surface area contributed by atoms with Crippen LogP contribution in [0, 0.1) is 13.8 Å². The van der Waals surface area contributed by atoms with Crippen molar-refractivity contribution in [3.05, 3.63) is 180 Å². The maximum absolute atomic E-state index is 2.36. The Morgan fingerprint density at radius 2 is 0.759 bits per heavy atom. The van der Waals surface area contributed by atoms with Crippen molar-refractivity contribution < 1.29 is 48.1 Å². The molecule has 0 N–H and O–H groups in total. The van der Waals surface area contributed by atoms with Crippen molar-refractivity contribution in [2.75, 3.05) is 0 Å². The van der Waals surface area contributed by atoms with Gasteiger partial charge < -0.3 is 24.8 Å². The summed E-state index contributed by atoms with van der Waals surface area (Å²) in [6, 6.07) is 57.4. The first-order valence-electron chi connectivity index (χ1n) is 19.9. The third-order valence-corrected chi connectivity index (χ3v) is 10.4. The summed E-state index contributed by atoms with van der Waals surface area (Å²) in [5.74, 6) is 0. The zero-order valence-corrected chi connectivity index (χ0v) is 40.7. The van der Waals surface area contributed by atoms with Gasteiger partial charge in [-0.3, -0.25) is 0 Å². The van der Waals surface area contributed by atoms with Crippen LogP contribution in [0.25, 0.3) is 66.1 Å². The number of fused-ring (bicyclic) bond motifs is 2. The molecular formula is C54H56Cl2SiZr-2. The van der Waals surface area contributed by atoms with Gasteiger partial charge >= 0.3 is 41.9 Å². The van der Waals surface area contributed by atoms with Gasteiger partial charge in [-0.05, 0) is 69.2 Å². The molecule has 0 saturated heterocycles. The van der Waals surface area contributed by atoms with Crippen molar-refractivity contribution in [1.82, 2.24) is 0 Å². The summed E-state index contributed by atoms with van der Waals surface area (Å²) in [7, 11) is 0. The smallest absolute Gasteiger partial charge is 0.0139 e. The standard InChI is InChI=1S/2C26H25.C2H6Si.2ClH.Zr/c2*1-18-10-8-9-13-22(18)25-23-17-21(19-11-6-5-7-12-19)16-20(23)14-15-24(25)26(2,3)4;1-3-2;;;/h2*5-17H,1-4H3;1-2H3;2*1H;/q2*-1;;;;+2/p-2. The fraction of sp³-hybridized carbons (Fsp3) is 0.222. The van der Waals surface area contributed by atoms with Gasteiger partial charge in [0.05, 0.1) is 0 Å². The average Bonchev–Trinajstić information content (AvgIpc) is 3.80. The van der Waals surface area contributed by atoms with E-state index >= 15 is 0 Å². The molecule has 0 aromatic heterocycles. The molecule has 0 aliphatic heterocycles. The zero-order chi connectivity index (χ0) is 40.2. The SMILES string of the molecule is C[Si](C)=[Zr+2].Cc1ccccc1-c1c(C(C)(C)C)ccc2[cH-]c(-c3ccccc3)cc12.Cc1ccccc1-c1c(C(C)(C)C)ccc2[cH-]c(-c3ccccc3)cc12.[Cl-].[Cl-]. The number of rotatable bonds is 4. The van der Waals surface area contributed by atoms with E-state index in [0.29, 0.717) is 0 Å². The number of aryl methyl sites for hydroxylation is 2. The maximum Gasteiger partial charge on any atom is -0.0139 e. The molecule has 296 valence electrons. The number of halogens is 2. The van der Waals surface area contributed by atoms with Crippen molar-refractivity contribution in [2.45, 2.75) is 79.3 Å². The second-order valence-corrected chi connectivity index (χ2v) is 26.7. The van der Waals surface area contributed by atoms with E-state index in [1.54, 1.807) is 23.3 Å². The molecule has 8 aromatic rings.